The van der Waals surface area contributed by atoms with E-state index in [2.05, 4.69) is 0 Å². The monoisotopic (exact) mass is 442 g/mol. The lowest BCUT2D eigenvalue weighted by Crippen LogP contribution is -2.24. The Kier molecular flexibility index (Phi) is 5.62. The number of benzene rings is 4. The highest BCUT2D eigenvalue weighted by atomic mass is 19.1. The molecular formula is C29H27FO3. The van der Waals surface area contributed by atoms with Crippen LogP contribution < -0.4 is 0 Å². The molecule has 3 N–H and O–H groups in total. The first-order chi connectivity index (χ1) is 15.6. The van der Waals surface area contributed by atoms with E-state index >= 15 is 4.39 Å². The van der Waals surface area contributed by atoms with E-state index in [0.717, 1.165) is 11.1 Å². The molecule has 0 aliphatic carbocycles. The van der Waals surface area contributed by atoms with Gasteiger partial charge in [0.2, 0.25) is 0 Å². The molecule has 33 heavy (non-hydrogen) atoms. The van der Waals surface area contributed by atoms with Crippen LogP contribution in [0.4, 0.5) is 4.39 Å². The van der Waals surface area contributed by atoms with E-state index in [-0.39, 0.29) is 17.2 Å². The number of halogens is 1. The SMILES string of the molecule is Cc1cc(C(F)(c2ccc(-c3ccc(O)cc3)cc2)c2cc(C)c(O)c(C)c2)cc(C)c1O. The lowest BCUT2D eigenvalue weighted by Gasteiger charge is -2.29. The smallest absolute Gasteiger partial charge is 0.186 e. The first kappa shape index (κ1) is 22.4. The van der Waals surface area contributed by atoms with Crippen LogP contribution in [0.3, 0.4) is 0 Å². The summed E-state index contributed by atoms with van der Waals surface area (Å²) in [4.78, 5) is 0. The van der Waals surface area contributed by atoms with Gasteiger partial charge in [0, 0.05) is 0 Å². The third-order valence-electron chi connectivity index (χ3n) is 6.26. The summed E-state index contributed by atoms with van der Waals surface area (Å²) in [7, 11) is 0. The zero-order valence-electron chi connectivity index (χ0n) is 19.1. The number of phenolic OH excluding ortho intramolecular Hbond substituents is 3. The van der Waals surface area contributed by atoms with E-state index in [1.54, 1.807) is 76.2 Å². The Morgan fingerprint density at radius 1 is 0.515 bits per heavy atom. The number of alkyl halides is 1. The van der Waals surface area contributed by atoms with Crippen molar-refractivity contribution in [2.24, 2.45) is 0 Å². The highest BCUT2D eigenvalue weighted by Gasteiger charge is 2.38. The highest BCUT2D eigenvalue weighted by molar-refractivity contribution is 5.65. The summed E-state index contributed by atoms with van der Waals surface area (Å²) in [6, 6.07) is 20.8. The molecule has 0 spiro atoms. The Morgan fingerprint density at radius 3 is 1.21 bits per heavy atom. The molecule has 0 bridgehead atoms. The van der Waals surface area contributed by atoms with Gasteiger partial charge in [-0.1, -0.05) is 36.4 Å². The van der Waals surface area contributed by atoms with E-state index in [1.807, 2.05) is 24.3 Å². The van der Waals surface area contributed by atoms with Gasteiger partial charge in [-0.25, -0.2) is 4.39 Å². The molecular weight excluding hydrogens is 415 g/mol. The summed E-state index contributed by atoms with van der Waals surface area (Å²) < 4.78 is 17.4. The van der Waals surface area contributed by atoms with Gasteiger partial charge in [0.25, 0.3) is 0 Å². The highest BCUT2D eigenvalue weighted by Crippen LogP contribution is 2.44. The number of aryl methyl sites for hydroxylation is 4. The minimum Gasteiger partial charge on any atom is -0.508 e. The van der Waals surface area contributed by atoms with E-state index in [0.29, 0.717) is 38.9 Å². The second kappa shape index (κ2) is 8.28. The lowest BCUT2D eigenvalue weighted by molar-refractivity contribution is 0.280. The first-order valence-corrected chi connectivity index (χ1v) is 10.8. The Labute approximate surface area is 193 Å². The third-order valence-corrected chi connectivity index (χ3v) is 6.26. The van der Waals surface area contributed by atoms with E-state index in [9.17, 15) is 15.3 Å². The molecule has 3 nitrogen and oxygen atoms in total. The van der Waals surface area contributed by atoms with Crippen LogP contribution in [0.25, 0.3) is 11.1 Å². The molecule has 0 unspecified atom stereocenters. The molecule has 0 saturated heterocycles. The van der Waals surface area contributed by atoms with E-state index in [1.165, 1.54) is 0 Å². The topological polar surface area (TPSA) is 60.7 Å². The predicted octanol–water partition coefficient (Wildman–Crippen LogP) is 6.97. The quantitative estimate of drug-likeness (QED) is 0.299. The Hall–Kier alpha value is -3.79. The van der Waals surface area contributed by atoms with Gasteiger partial charge in [-0.15, -0.1) is 0 Å². The van der Waals surface area contributed by atoms with Crippen LogP contribution in [0.2, 0.25) is 0 Å². The van der Waals surface area contributed by atoms with Gasteiger partial charge < -0.3 is 15.3 Å². The summed E-state index contributed by atoms with van der Waals surface area (Å²) in [5, 5.41) is 30.1. The van der Waals surface area contributed by atoms with Gasteiger partial charge in [0.1, 0.15) is 17.2 Å². The van der Waals surface area contributed by atoms with Crippen LogP contribution in [-0.2, 0) is 5.67 Å². The van der Waals surface area contributed by atoms with Crippen LogP contribution in [-0.4, -0.2) is 15.3 Å². The Morgan fingerprint density at radius 2 is 0.848 bits per heavy atom. The van der Waals surface area contributed by atoms with Gasteiger partial charge in [-0.2, -0.15) is 0 Å². The number of hydrogen-bond acceptors (Lipinski definition) is 3. The van der Waals surface area contributed by atoms with Crippen molar-refractivity contribution in [3.63, 3.8) is 0 Å². The van der Waals surface area contributed by atoms with Crippen molar-refractivity contribution in [1.82, 2.24) is 0 Å². The maximum absolute atomic E-state index is 17.4. The Balaban J connectivity index is 1.92. The molecule has 0 atom stereocenters. The van der Waals surface area contributed by atoms with Crippen molar-refractivity contribution < 1.29 is 19.7 Å². The normalized spacial score (nSPS) is 11.5. The van der Waals surface area contributed by atoms with Crippen molar-refractivity contribution in [3.05, 3.63) is 112 Å². The molecule has 4 heteroatoms. The summed E-state index contributed by atoms with van der Waals surface area (Å²) in [6.07, 6.45) is 0. The van der Waals surface area contributed by atoms with Crippen molar-refractivity contribution >= 4 is 0 Å². The second-order valence-corrected chi connectivity index (χ2v) is 8.70. The van der Waals surface area contributed by atoms with Crippen LogP contribution >= 0.6 is 0 Å². The van der Waals surface area contributed by atoms with Crippen molar-refractivity contribution in [1.29, 1.82) is 0 Å². The van der Waals surface area contributed by atoms with Crippen LogP contribution in [0.5, 0.6) is 17.2 Å². The first-order valence-electron chi connectivity index (χ1n) is 10.8. The van der Waals surface area contributed by atoms with Gasteiger partial charge in [-0.05, 0) is 114 Å². The van der Waals surface area contributed by atoms with Gasteiger partial charge in [0.05, 0.1) is 0 Å². The maximum Gasteiger partial charge on any atom is 0.186 e. The maximum atomic E-state index is 17.4. The molecule has 0 aromatic heterocycles. The average molecular weight is 443 g/mol. The fourth-order valence-electron chi connectivity index (χ4n) is 4.36. The number of hydrogen-bond donors (Lipinski definition) is 3. The summed E-state index contributed by atoms with van der Waals surface area (Å²) >= 11 is 0. The molecule has 0 aliphatic heterocycles. The molecule has 4 aromatic carbocycles. The number of aromatic hydroxyl groups is 3. The standard InChI is InChI=1S/C29H27FO3/c1-17-13-24(14-18(2)27(17)32)29(30,25-15-19(3)28(33)20(4)16-25)23-9-5-21(6-10-23)22-7-11-26(31)12-8-22/h5-16,31-33H,1-4H3. The molecule has 0 amide bonds. The largest absolute Gasteiger partial charge is 0.508 e. The Bertz CT molecular complexity index is 1220. The molecule has 0 aliphatic rings. The summed E-state index contributed by atoms with van der Waals surface area (Å²) in [6.45, 7) is 7.03. The van der Waals surface area contributed by atoms with Gasteiger partial charge in [-0.3, -0.25) is 0 Å². The van der Waals surface area contributed by atoms with Crippen molar-refractivity contribution in [2.75, 3.05) is 0 Å². The van der Waals surface area contributed by atoms with Crippen LogP contribution in [0, 0.1) is 27.7 Å². The van der Waals surface area contributed by atoms with Crippen LogP contribution in [0.1, 0.15) is 38.9 Å². The second-order valence-electron chi connectivity index (χ2n) is 8.70. The van der Waals surface area contributed by atoms with Crippen molar-refractivity contribution in [3.8, 4) is 28.4 Å². The summed E-state index contributed by atoms with van der Waals surface area (Å²) in [5.74, 6) is 0.498. The number of phenols is 3. The van der Waals surface area contributed by atoms with E-state index < -0.39 is 5.67 Å². The third kappa shape index (κ3) is 3.93. The zero-order chi connectivity index (χ0) is 23.9. The molecule has 0 saturated carbocycles. The van der Waals surface area contributed by atoms with Gasteiger partial charge in [0.15, 0.2) is 5.67 Å². The minimum atomic E-state index is -2.00. The van der Waals surface area contributed by atoms with Crippen molar-refractivity contribution in [2.45, 2.75) is 33.4 Å². The minimum absolute atomic E-state index is 0.154. The molecule has 168 valence electrons. The summed E-state index contributed by atoms with van der Waals surface area (Å²) in [5.41, 5.74) is 3.47. The molecule has 0 heterocycles. The van der Waals surface area contributed by atoms with Gasteiger partial charge >= 0.3 is 0 Å². The van der Waals surface area contributed by atoms with Crippen LogP contribution in [0.15, 0.2) is 72.8 Å². The predicted molar refractivity (Wildman–Crippen MR) is 130 cm³/mol. The molecule has 4 rings (SSSR count). The molecule has 4 aromatic rings. The molecule has 0 radical (unpaired) electrons. The molecule has 0 fully saturated rings. The lowest BCUT2D eigenvalue weighted by atomic mass is 9.79. The van der Waals surface area contributed by atoms with E-state index in [4.69, 9.17) is 0 Å². The fraction of sp³-hybridized carbons (Fsp3) is 0.172. The average Bonchev–Trinajstić information content (AvgIpc) is 2.80. The number of rotatable bonds is 4. The zero-order valence-corrected chi connectivity index (χ0v) is 19.1. The fourth-order valence-corrected chi connectivity index (χ4v) is 4.36.